The van der Waals surface area contributed by atoms with Gasteiger partial charge in [-0.25, -0.2) is 4.98 Å². The van der Waals surface area contributed by atoms with E-state index in [9.17, 15) is 0 Å². The van der Waals surface area contributed by atoms with Crippen molar-refractivity contribution in [1.82, 2.24) is 9.55 Å². The number of thiophene rings is 1. The summed E-state index contributed by atoms with van der Waals surface area (Å²) < 4.78 is 2.86. The molecule has 0 fully saturated rings. The Morgan fingerprint density at radius 2 is 2.38 bits per heavy atom. The predicted octanol–water partition coefficient (Wildman–Crippen LogP) is 3.37. The molecule has 2 rings (SSSR count). The molecular formula is C11H14ClN3S. The molecule has 0 aliphatic carbocycles. The lowest BCUT2D eigenvalue weighted by molar-refractivity contribution is 0.492. The van der Waals surface area contributed by atoms with Crippen molar-refractivity contribution >= 4 is 28.9 Å². The summed E-state index contributed by atoms with van der Waals surface area (Å²) in [6, 6.07) is 4.37. The first-order chi connectivity index (χ1) is 7.70. The highest BCUT2D eigenvalue weighted by molar-refractivity contribution is 7.16. The van der Waals surface area contributed by atoms with E-state index in [1.165, 1.54) is 4.88 Å². The van der Waals surface area contributed by atoms with Crippen LogP contribution in [-0.2, 0) is 6.42 Å². The highest BCUT2D eigenvalue weighted by Crippen LogP contribution is 2.27. The minimum absolute atomic E-state index is 0.359. The molecule has 2 aromatic rings. The van der Waals surface area contributed by atoms with Crippen LogP contribution in [0.15, 0.2) is 24.5 Å². The minimum Gasteiger partial charge on any atom is -0.369 e. The normalized spacial score (nSPS) is 12.9. The van der Waals surface area contributed by atoms with Crippen LogP contribution in [-0.4, -0.2) is 9.55 Å². The summed E-state index contributed by atoms with van der Waals surface area (Å²) in [6.07, 6.45) is 5.64. The summed E-state index contributed by atoms with van der Waals surface area (Å²) in [5, 5.41) is 0. The molecule has 0 amide bonds. The van der Waals surface area contributed by atoms with E-state index >= 15 is 0 Å². The molecule has 2 aromatic heterocycles. The molecule has 1 unspecified atom stereocenters. The summed E-state index contributed by atoms with van der Waals surface area (Å²) in [5.41, 5.74) is 5.81. The molecule has 0 saturated carbocycles. The van der Waals surface area contributed by atoms with Gasteiger partial charge in [0.1, 0.15) is 0 Å². The van der Waals surface area contributed by atoms with Crippen LogP contribution in [0.25, 0.3) is 0 Å². The summed E-state index contributed by atoms with van der Waals surface area (Å²) in [7, 11) is 0. The van der Waals surface area contributed by atoms with E-state index in [0.29, 0.717) is 12.0 Å². The second-order valence-electron chi connectivity index (χ2n) is 3.66. The van der Waals surface area contributed by atoms with Gasteiger partial charge in [0.25, 0.3) is 0 Å². The fourth-order valence-corrected chi connectivity index (χ4v) is 2.93. The third-order valence-corrected chi connectivity index (χ3v) is 3.88. The van der Waals surface area contributed by atoms with Gasteiger partial charge in [-0.15, -0.1) is 11.3 Å². The number of rotatable bonds is 4. The maximum Gasteiger partial charge on any atom is 0.200 e. The minimum atomic E-state index is 0.359. The number of hydrogen-bond donors (Lipinski definition) is 1. The molecule has 2 heterocycles. The van der Waals surface area contributed by atoms with Gasteiger partial charge in [0.2, 0.25) is 0 Å². The SMILES string of the molecule is CCC(Cc1ccc(Cl)s1)n1ccnc1N. The summed E-state index contributed by atoms with van der Waals surface area (Å²) in [4.78, 5) is 5.33. The Bertz CT molecular complexity index is 463. The Balaban J connectivity index is 2.15. The quantitative estimate of drug-likeness (QED) is 0.910. The van der Waals surface area contributed by atoms with Gasteiger partial charge < -0.3 is 10.3 Å². The molecule has 0 spiro atoms. The number of hydrogen-bond acceptors (Lipinski definition) is 3. The molecule has 0 bridgehead atoms. The molecule has 2 N–H and O–H groups in total. The van der Waals surface area contributed by atoms with Crippen molar-refractivity contribution in [3.05, 3.63) is 33.7 Å². The molecule has 0 aromatic carbocycles. The Labute approximate surface area is 104 Å². The van der Waals surface area contributed by atoms with Gasteiger partial charge in [-0.05, 0) is 18.6 Å². The molecule has 86 valence electrons. The Morgan fingerprint density at radius 1 is 1.56 bits per heavy atom. The van der Waals surface area contributed by atoms with E-state index in [4.69, 9.17) is 17.3 Å². The van der Waals surface area contributed by atoms with Crippen LogP contribution in [0, 0.1) is 0 Å². The van der Waals surface area contributed by atoms with Gasteiger partial charge in [0.05, 0.1) is 4.34 Å². The zero-order chi connectivity index (χ0) is 11.5. The molecule has 0 saturated heterocycles. The van der Waals surface area contributed by atoms with Gasteiger partial charge in [-0.1, -0.05) is 18.5 Å². The molecule has 0 aliphatic heterocycles. The lowest BCUT2D eigenvalue weighted by Gasteiger charge is -2.16. The van der Waals surface area contributed by atoms with Gasteiger partial charge in [0.15, 0.2) is 5.95 Å². The van der Waals surface area contributed by atoms with Gasteiger partial charge in [0, 0.05) is 29.7 Å². The van der Waals surface area contributed by atoms with Crippen LogP contribution < -0.4 is 5.73 Å². The first kappa shape index (κ1) is 11.5. The van der Waals surface area contributed by atoms with Gasteiger partial charge >= 0.3 is 0 Å². The van der Waals surface area contributed by atoms with Crippen molar-refractivity contribution in [3.8, 4) is 0 Å². The van der Waals surface area contributed by atoms with E-state index in [-0.39, 0.29) is 0 Å². The zero-order valence-corrected chi connectivity index (χ0v) is 10.6. The van der Waals surface area contributed by atoms with Crippen molar-refractivity contribution in [3.63, 3.8) is 0 Å². The second kappa shape index (κ2) is 4.89. The highest BCUT2D eigenvalue weighted by Gasteiger charge is 2.13. The number of imidazole rings is 1. The van der Waals surface area contributed by atoms with Crippen molar-refractivity contribution in [2.75, 3.05) is 5.73 Å². The molecule has 1 atom stereocenters. The number of nitrogen functional groups attached to an aromatic ring is 1. The van der Waals surface area contributed by atoms with E-state index in [0.717, 1.165) is 17.2 Å². The van der Waals surface area contributed by atoms with Crippen LogP contribution in [0.4, 0.5) is 5.95 Å². The van der Waals surface area contributed by atoms with E-state index < -0.39 is 0 Å². The van der Waals surface area contributed by atoms with Crippen molar-refractivity contribution < 1.29 is 0 Å². The van der Waals surface area contributed by atoms with Crippen molar-refractivity contribution in [2.45, 2.75) is 25.8 Å². The van der Waals surface area contributed by atoms with E-state index in [1.807, 2.05) is 16.8 Å². The fraction of sp³-hybridized carbons (Fsp3) is 0.364. The number of anilines is 1. The smallest absolute Gasteiger partial charge is 0.200 e. The van der Waals surface area contributed by atoms with E-state index in [2.05, 4.69) is 18.0 Å². The third kappa shape index (κ3) is 2.39. The number of aromatic nitrogens is 2. The molecule has 5 heteroatoms. The summed E-state index contributed by atoms with van der Waals surface area (Å²) in [5.74, 6) is 0.578. The van der Waals surface area contributed by atoms with Gasteiger partial charge in [-0.2, -0.15) is 0 Å². The largest absolute Gasteiger partial charge is 0.369 e. The predicted molar refractivity (Wildman–Crippen MR) is 69.0 cm³/mol. The molecule has 16 heavy (non-hydrogen) atoms. The zero-order valence-electron chi connectivity index (χ0n) is 9.06. The number of nitrogens with two attached hydrogens (primary N) is 1. The van der Waals surface area contributed by atoms with E-state index in [1.54, 1.807) is 17.5 Å². The average molecular weight is 256 g/mol. The number of halogens is 1. The highest BCUT2D eigenvalue weighted by atomic mass is 35.5. The first-order valence-corrected chi connectivity index (χ1v) is 6.42. The van der Waals surface area contributed by atoms with Crippen molar-refractivity contribution in [2.24, 2.45) is 0 Å². The summed E-state index contributed by atoms with van der Waals surface area (Å²) in [6.45, 7) is 2.15. The standard InChI is InChI=1S/C11H14ClN3S/c1-2-8(15-6-5-14-11(15)13)7-9-3-4-10(12)16-9/h3-6,8H,2,7H2,1H3,(H2,13,14). The molecular weight excluding hydrogens is 242 g/mol. The monoisotopic (exact) mass is 255 g/mol. The van der Waals surface area contributed by atoms with Crippen LogP contribution in [0.2, 0.25) is 4.34 Å². The lowest BCUT2D eigenvalue weighted by atomic mass is 10.1. The van der Waals surface area contributed by atoms with Crippen LogP contribution in [0.3, 0.4) is 0 Å². The third-order valence-electron chi connectivity index (χ3n) is 2.63. The van der Waals surface area contributed by atoms with Crippen LogP contribution >= 0.6 is 22.9 Å². The lowest BCUT2D eigenvalue weighted by Crippen LogP contribution is -2.12. The second-order valence-corrected chi connectivity index (χ2v) is 5.46. The Hall–Kier alpha value is -1.00. The Kier molecular flexibility index (Phi) is 3.51. The van der Waals surface area contributed by atoms with Crippen LogP contribution in [0.5, 0.6) is 0 Å². The van der Waals surface area contributed by atoms with Crippen LogP contribution in [0.1, 0.15) is 24.3 Å². The first-order valence-electron chi connectivity index (χ1n) is 5.23. The molecule has 0 radical (unpaired) electrons. The summed E-state index contributed by atoms with van der Waals surface area (Å²) >= 11 is 7.54. The fourth-order valence-electron chi connectivity index (χ4n) is 1.77. The number of nitrogens with zero attached hydrogens (tertiary/aromatic N) is 2. The van der Waals surface area contributed by atoms with Crippen molar-refractivity contribution in [1.29, 1.82) is 0 Å². The van der Waals surface area contributed by atoms with Gasteiger partial charge in [-0.3, -0.25) is 0 Å². The topological polar surface area (TPSA) is 43.8 Å². The Morgan fingerprint density at radius 3 is 2.88 bits per heavy atom. The average Bonchev–Trinajstić information content (AvgIpc) is 2.84. The molecule has 3 nitrogen and oxygen atoms in total. The maximum absolute atomic E-state index is 5.92. The molecule has 0 aliphatic rings. The maximum atomic E-state index is 5.92.